The third kappa shape index (κ3) is 4.54. The second-order valence-electron chi connectivity index (χ2n) is 8.53. The maximum atomic E-state index is 13.1. The lowest BCUT2D eigenvalue weighted by Crippen LogP contribution is -3.19. The number of fused-ring (bicyclic) bond motifs is 1. The molecule has 0 spiro atoms. The van der Waals surface area contributed by atoms with Gasteiger partial charge in [-0.2, -0.15) is 4.31 Å². The van der Waals surface area contributed by atoms with Crippen LogP contribution in [0.15, 0.2) is 47.4 Å². The molecule has 1 heterocycles. The van der Waals surface area contributed by atoms with Gasteiger partial charge in [-0.15, -0.1) is 0 Å². The van der Waals surface area contributed by atoms with Crippen LogP contribution in [0.3, 0.4) is 0 Å². The number of carbonyl (C=O) groups excluding carboxylic acids is 1. The molecule has 28 heavy (non-hydrogen) atoms. The Morgan fingerprint density at radius 3 is 2.29 bits per heavy atom. The quantitative estimate of drug-likeness (QED) is 0.800. The zero-order valence-corrected chi connectivity index (χ0v) is 17.8. The molecule has 2 N–H and O–H groups in total. The van der Waals surface area contributed by atoms with Crippen molar-refractivity contribution in [2.45, 2.75) is 44.2 Å². The van der Waals surface area contributed by atoms with E-state index in [-0.39, 0.29) is 17.5 Å². The van der Waals surface area contributed by atoms with E-state index >= 15 is 0 Å². The van der Waals surface area contributed by atoms with Gasteiger partial charge in [0, 0.05) is 5.54 Å². The van der Waals surface area contributed by atoms with Gasteiger partial charge < -0.3 is 10.2 Å². The number of carbonyl (C=O) groups is 1. The molecule has 3 rings (SSSR count). The average molecular weight is 405 g/mol. The molecule has 6 nitrogen and oxygen atoms in total. The number of amides is 1. The molecule has 152 valence electrons. The third-order valence-corrected chi connectivity index (χ3v) is 7.12. The van der Waals surface area contributed by atoms with Crippen LogP contribution >= 0.6 is 0 Å². The standard InChI is InChI=1S/C21H29N3O3S/c1-16(20(25)22-21(2,3)4)23-11-13-24(14-12-23)28(26,27)19-10-9-17-7-5-6-8-18(17)15-19/h5-10,15-16H,11-14H2,1-4H3,(H,22,25)/p+1/t16-/m1/s1. The molecule has 0 saturated carbocycles. The summed E-state index contributed by atoms with van der Waals surface area (Å²) in [6.07, 6.45) is 0. The number of piperazine rings is 1. The van der Waals surface area contributed by atoms with E-state index in [0.29, 0.717) is 31.1 Å². The Balaban J connectivity index is 1.68. The van der Waals surface area contributed by atoms with Crippen molar-refractivity contribution < 1.29 is 18.1 Å². The van der Waals surface area contributed by atoms with Gasteiger partial charge >= 0.3 is 0 Å². The van der Waals surface area contributed by atoms with Crippen molar-refractivity contribution in [1.82, 2.24) is 9.62 Å². The van der Waals surface area contributed by atoms with Crippen LogP contribution < -0.4 is 10.2 Å². The largest absolute Gasteiger partial charge is 0.346 e. The van der Waals surface area contributed by atoms with Crippen molar-refractivity contribution >= 4 is 26.7 Å². The topological polar surface area (TPSA) is 70.9 Å². The highest BCUT2D eigenvalue weighted by molar-refractivity contribution is 7.89. The molecule has 0 unspecified atom stereocenters. The predicted molar refractivity (Wildman–Crippen MR) is 111 cm³/mol. The Kier molecular flexibility index (Phi) is 5.79. The summed E-state index contributed by atoms with van der Waals surface area (Å²) in [7, 11) is -3.53. The zero-order chi connectivity index (χ0) is 20.5. The summed E-state index contributed by atoms with van der Waals surface area (Å²) in [5.74, 6) is 0.00772. The maximum absolute atomic E-state index is 13.1. The van der Waals surface area contributed by atoms with Gasteiger partial charge in [-0.1, -0.05) is 30.3 Å². The zero-order valence-electron chi connectivity index (χ0n) is 17.0. The monoisotopic (exact) mass is 404 g/mol. The van der Waals surface area contributed by atoms with Gasteiger partial charge in [0.05, 0.1) is 31.1 Å². The molecule has 0 aliphatic carbocycles. The minimum absolute atomic E-state index is 0.00772. The van der Waals surface area contributed by atoms with E-state index < -0.39 is 10.0 Å². The molecule has 7 heteroatoms. The van der Waals surface area contributed by atoms with E-state index in [9.17, 15) is 13.2 Å². The number of sulfonamides is 1. The van der Waals surface area contributed by atoms with Gasteiger partial charge in [-0.25, -0.2) is 8.42 Å². The highest BCUT2D eigenvalue weighted by atomic mass is 32.2. The second-order valence-corrected chi connectivity index (χ2v) is 10.5. The number of nitrogens with zero attached hydrogens (tertiary/aromatic N) is 1. The van der Waals surface area contributed by atoms with Gasteiger partial charge in [-0.05, 0) is 50.6 Å². The first-order valence-corrected chi connectivity index (χ1v) is 11.2. The van der Waals surface area contributed by atoms with Crippen molar-refractivity contribution in [1.29, 1.82) is 0 Å². The van der Waals surface area contributed by atoms with E-state index in [1.165, 1.54) is 4.31 Å². The fourth-order valence-corrected chi connectivity index (χ4v) is 5.06. The van der Waals surface area contributed by atoms with Crippen molar-refractivity contribution in [2.75, 3.05) is 26.2 Å². The molecule has 0 radical (unpaired) electrons. The Hall–Kier alpha value is -1.96. The van der Waals surface area contributed by atoms with Crippen molar-refractivity contribution in [3.63, 3.8) is 0 Å². The van der Waals surface area contributed by atoms with Crippen LogP contribution in [0.25, 0.3) is 10.8 Å². The van der Waals surface area contributed by atoms with Crippen LogP contribution in [-0.4, -0.2) is 56.4 Å². The molecule has 1 saturated heterocycles. The van der Waals surface area contributed by atoms with Gasteiger partial charge in [0.1, 0.15) is 0 Å². The Labute approximate surface area is 167 Å². The van der Waals surface area contributed by atoms with E-state index in [2.05, 4.69) is 5.32 Å². The van der Waals surface area contributed by atoms with Crippen LogP contribution in [0.2, 0.25) is 0 Å². The summed E-state index contributed by atoms with van der Waals surface area (Å²) in [4.78, 5) is 13.9. The summed E-state index contributed by atoms with van der Waals surface area (Å²) in [6, 6.07) is 12.8. The molecule has 2 aromatic rings. The lowest BCUT2D eigenvalue weighted by molar-refractivity contribution is -0.917. The molecule has 1 aliphatic heterocycles. The first-order valence-electron chi connectivity index (χ1n) is 9.73. The number of rotatable bonds is 4. The molecule has 0 aromatic heterocycles. The smallest absolute Gasteiger partial charge is 0.278 e. The summed E-state index contributed by atoms with van der Waals surface area (Å²) < 4.78 is 27.7. The number of nitrogens with one attached hydrogen (secondary N) is 2. The Bertz CT molecular complexity index is 958. The molecular formula is C21H30N3O3S+. The summed E-state index contributed by atoms with van der Waals surface area (Å²) in [6.45, 7) is 9.85. The summed E-state index contributed by atoms with van der Waals surface area (Å²) in [5, 5.41) is 4.95. The average Bonchev–Trinajstić information content (AvgIpc) is 2.65. The predicted octanol–water partition coefficient (Wildman–Crippen LogP) is 1.03. The first kappa shape index (κ1) is 20.8. The summed E-state index contributed by atoms with van der Waals surface area (Å²) in [5.41, 5.74) is -0.272. The number of hydrogen-bond donors (Lipinski definition) is 2. The van der Waals surface area contributed by atoms with Crippen molar-refractivity contribution in [3.8, 4) is 0 Å². The SMILES string of the molecule is C[C@H](C(=O)NC(C)(C)C)[NH+]1CCN(S(=O)(=O)c2ccc3ccccc3c2)CC1. The molecule has 0 bridgehead atoms. The van der Waals surface area contributed by atoms with Crippen molar-refractivity contribution in [2.24, 2.45) is 0 Å². The number of hydrogen-bond acceptors (Lipinski definition) is 3. The van der Waals surface area contributed by atoms with E-state index in [1.807, 2.05) is 58.0 Å². The van der Waals surface area contributed by atoms with Crippen LogP contribution in [0.5, 0.6) is 0 Å². The lowest BCUT2D eigenvalue weighted by Gasteiger charge is -2.35. The molecule has 1 atom stereocenters. The number of benzene rings is 2. The van der Waals surface area contributed by atoms with Gasteiger partial charge in [-0.3, -0.25) is 4.79 Å². The van der Waals surface area contributed by atoms with Gasteiger partial charge in [0.25, 0.3) is 5.91 Å². The van der Waals surface area contributed by atoms with E-state index in [1.54, 1.807) is 12.1 Å². The van der Waals surface area contributed by atoms with Gasteiger partial charge in [0.15, 0.2) is 6.04 Å². The minimum atomic E-state index is -3.53. The van der Waals surface area contributed by atoms with E-state index in [4.69, 9.17) is 0 Å². The highest BCUT2D eigenvalue weighted by Crippen LogP contribution is 2.21. The minimum Gasteiger partial charge on any atom is -0.346 e. The fraction of sp³-hybridized carbons (Fsp3) is 0.476. The van der Waals surface area contributed by atoms with Crippen LogP contribution in [0.1, 0.15) is 27.7 Å². The molecule has 1 amide bonds. The maximum Gasteiger partial charge on any atom is 0.278 e. The van der Waals surface area contributed by atoms with Crippen LogP contribution in [-0.2, 0) is 14.8 Å². The van der Waals surface area contributed by atoms with Gasteiger partial charge in [0.2, 0.25) is 10.0 Å². The first-order chi connectivity index (χ1) is 13.1. The molecular weight excluding hydrogens is 374 g/mol. The van der Waals surface area contributed by atoms with Crippen molar-refractivity contribution in [3.05, 3.63) is 42.5 Å². The Morgan fingerprint density at radius 1 is 1.07 bits per heavy atom. The molecule has 2 aromatic carbocycles. The Morgan fingerprint density at radius 2 is 1.68 bits per heavy atom. The third-order valence-electron chi connectivity index (χ3n) is 5.23. The van der Waals surface area contributed by atoms with Crippen LogP contribution in [0, 0.1) is 0 Å². The highest BCUT2D eigenvalue weighted by Gasteiger charge is 2.35. The second kappa shape index (κ2) is 7.81. The lowest BCUT2D eigenvalue weighted by atomic mass is 10.1. The summed E-state index contributed by atoms with van der Waals surface area (Å²) >= 11 is 0. The molecule has 1 fully saturated rings. The number of quaternary nitrogens is 1. The fourth-order valence-electron chi connectivity index (χ4n) is 3.59. The van der Waals surface area contributed by atoms with Crippen LogP contribution in [0.4, 0.5) is 0 Å². The van der Waals surface area contributed by atoms with E-state index in [0.717, 1.165) is 15.7 Å². The molecule has 1 aliphatic rings. The normalized spacial score (nSPS) is 18.1.